The molecule has 1 aliphatic carbocycles. The Morgan fingerprint density at radius 3 is 2.48 bits per heavy atom. The number of hydrogen-bond donors (Lipinski definition) is 2. The minimum Gasteiger partial charge on any atom is -0.353 e. The van der Waals surface area contributed by atoms with Crippen molar-refractivity contribution in [2.45, 2.75) is 51.5 Å². The summed E-state index contributed by atoms with van der Waals surface area (Å²) in [5.74, 6) is 0.912. The molecule has 2 N–H and O–H groups in total. The van der Waals surface area contributed by atoms with E-state index in [0.29, 0.717) is 12.0 Å². The summed E-state index contributed by atoms with van der Waals surface area (Å²) in [6, 6.07) is 11.1. The predicted octanol–water partition coefficient (Wildman–Crippen LogP) is 3.07. The molecule has 0 aromatic heterocycles. The van der Waals surface area contributed by atoms with Crippen LogP contribution >= 0.6 is 0 Å². The fraction of sp³-hybridized carbons (Fsp3) is 0.611. The highest BCUT2D eigenvalue weighted by Crippen LogP contribution is 2.32. The number of rotatable bonds is 6. The molecule has 1 aromatic rings. The fourth-order valence-electron chi connectivity index (χ4n) is 3.09. The molecule has 1 unspecified atom stereocenters. The second-order valence-electron chi connectivity index (χ2n) is 6.18. The van der Waals surface area contributed by atoms with Crippen LogP contribution in [0.4, 0.5) is 0 Å². The van der Waals surface area contributed by atoms with Crippen molar-refractivity contribution in [3.8, 4) is 0 Å². The summed E-state index contributed by atoms with van der Waals surface area (Å²) in [5, 5.41) is 6.45. The lowest BCUT2D eigenvalue weighted by Gasteiger charge is -2.30. The smallest absolute Gasteiger partial charge is 0.224 e. The lowest BCUT2D eigenvalue weighted by atomic mass is 9.81. The second-order valence-corrected chi connectivity index (χ2v) is 6.18. The van der Waals surface area contributed by atoms with Crippen LogP contribution in [0.5, 0.6) is 0 Å². The second kappa shape index (κ2) is 8.18. The van der Waals surface area contributed by atoms with Gasteiger partial charge in [0.05, 0.1) is 0 Å². The van der Waals surface area contributed by atoms with Crippen LogP contribution in [-0.2, 0) is 4.79 Å². The Kier molecular flexibility index (Phi) is 6.24. The molecule has 1 aromatic carbocycles. The van der Waals surface area contributed by atoms with Gasteiger partial charge in [-0.1, -0.05) is 44.2 Å². The molecule has 3 nitrogen and oxygen atoms in total. The van der Waals surface area contributed by atoms with Crippen LogP contribution in [0, 0.1) is 5.92 Å². The molecule has 1 amide bonds. The minimum atomic E-state index is 0.0526. The molecule has 1 fully saturated rings. The quantitative estimate of drug-likeness (QED) is 0.844. The summed E-state index contributed by atoms with van der Waals surface area (Å²) in [7, 11) is 0. The van der Waals surface area contributed by atoms with Gasteiger partial charge in [0.25, 0.3) is 0 Å². The largest absolute Gasteiger partial charge is 0.353 e. The Hall–Kier alpha value is -1.35. The fourth-order valence-corrected chi connectivity index (χ4v) is 3.09. The highest BCUT2D eigenvalue weighted by atomic mass is 16.1. The van der Waals surface area contributed by atoms with E-state index >= 15 is 0 Å². The summed E-state index contributed by atoms with van der Waals surface area (Å²) >= 11 is 0. The lowest BCUT2D eigenvalue weighted by Crippen LogP contribution is -2.42. The number of amides is 1. The van der Waals surface area contributed by atoms with E-state index in [0.717, 1.165) is 25.9 Å². The average molecular weight is 288 g/mol. The number of benzene rings is 1. The summed E-state index contributed by atoms with van der Waals surface area (Å²) in [6.45, 7) is 5.74. The van der Waals surface area contributed by atoms with E-state index in [-0.39, 0.29) is 11.8 Å². The maximum atomic E-state index is 12.1. The van der Waals surface area contributed by atoms with Crippen molar-refractivity contribution >= 4 is 5.91 Å². The van der Waals surface area contributed by atoms with Gasteiger partial charge in [-0.15, -0.1) is 0 Å². The first kappa shape index (κ1) is 16.0. The summed E-state index contributed by atoms with van der Waals surface area (Å²) in [6.07, 6.45) is 4.55. The molecule has 0 aliphatic heterocycles. The third-order valence-electron chi connectivity index (χ3n) is 4.49. The third-order valence-corrected chi connectivity index (χ3v) is 4.49. The van der Waals surface area contributed by atoms with Crippen LogP contribution in [0.3, 0.4) is 0 Å². The molecule has 116 valence electrons. The van der Waals surface area contributed by atoms with E-state index in [4.69, 9.17) is 0 Å². The number of hydrogen-bond acceptors (Lipinski definition) is 2. The normalized spacial score (nSPS) is 23.5. The van der Waals surface area contributed by atoms with Gasteiger partial charge in [0.1, 0.15) is 0 Å². The maximum absolute atomic E-state index is 12.1. The molecular weight excluding hydrogens is 260 g/mol. The minimum absolute atomic E-state index is 0.0526. The van der Waals surface area contributed by atoms with Gasteiger partial charge in [-0.05, 0) is 43.7 Å². The van der Waals surface area contributed by atoms with E-state index in [1.807, 2.05) is 6.92 Å². The van der Waals surface area contributed by atoms with Crippen LogP contribution < -0.4 is 10.6 Å². The van der Waals surface area contributed by atoms with Crippen molar-refractivity contribution in [1.82, 2.24) is 10.6 Å². The van der Waals surface area contributed by atoms with Gasteiger partial charge in [0.15, 0.2) is 0 Å². The SMILES string of the molecule is CCNCC(C)C(=O)NC1CCC(c2ccccc2)CC1. The van der Waals surface area contributed by atoms with Gasteiger partial charge in [-0.2, -0.15) is 0 Å². The van der Waals surface area contributed by atoms with Gasteiger partial charge in [0, 0.05) is 18.5 Å². The van der Waals surface area contributed by atoms with Gasteiger partial charge in [0.2, 0.25) is 5.91 Å². The first-order chi connectivity index (χ1) is 10.2. The van der Waals surface area contributed by atoms with Crippen LogP contribution in [0.15, 0.2) is 30.3 Å². The van der Waals surface area contributed by atoms with Crippen molar-refractivity contribution < 1.29 is 4.79 Å². The highest BCUT2D eigenvalue weighted by Gasteiger charge is 2.24. The molecule has 1 saturated carbocycles. The topological polar surface area (TPSA) is 41.1 Å². The molecule has 0 saturated heterocycles. The Bertz CT molecular complexity index is 424. The Morgan fingerprint density at radius 2 is 1.86 bits per heavy atom. The van der Waals surface area contributed by atoms with E-state index < -0.39 is 0 Å². The Balaban J connectivity index is 1.75. The molecule has 1 atom stereocenters. The predicted molar refractivity (Wildman–Crippen MR) is 87.3 cm³/mol. The zero-order chi connectivity index (χ0) is 15.1. The van der Waals surface area contributed by atoms with Crippen LogP contribution in [0.25, 0.3) is 0 Å². The third kappa shape index (κ3) is 4.85. The standard InChI is InChI=1S/C18H28N2O/c1-3-19-13-14(2)18(21)20-17-11-9-16(10-12-17)15-7-5-4-6-8-15/h4-8,14,16-17,19H,3,9-13H2,1-2H3,(H,20,21). The van der Waals surface area contributed by atoms with Crippen molar-refractivity contribution in [1.29, 1.82) is 0 Å². The van der Waals surface area contributed by atoms with Crippen LogP contribution in [0.1, 0.15) is 51.0 Å². The monoisotopic (exact) mass is 288 g/mol. The number of nitrogens with one attached hydrogen (secondary N) is 2. The molecule has 0 radical (unpaired) electrons. The maximum Gasteiger partial charge on any atom is 0.224 e. The number of carbonyl (C=O) groups is 1. The zero-order valence-electron chi connectivity index (χ0n) is 13.3. The lowest BCUT2D eigenvalue weighted by molar-refractivity contribution is -0.125. The van der Waals surface area contributed by atoms with Gasteiger partial charge >= 0.3 is 0 Å². The Morgan fingerprint density at radius 1 is 1.19 bits per heavy atom. The van der Waals surface area contributed by atoms with Gasteiger partial charge in [-0.25, -0.2) is 0 Å². The summed E-state index contributed by atoms with van der Waals surface area (Å²) in [5.41, 5.74) is 1.45. The molecule has 0 heterocycles. The highest BCUT2D eigenvalue weighted by molar-refractivity contribution is 5.78. The summed E-state index contributed by atoms with van der Waals surface area (Å²) in [4.78, 5) is 12.1. The molecule has 2 rings (SSSR count). The average Bonchev–Trinajstić information content (AvgIpc) is 2.54. The molecule has 1 aliphatic rings. The van der Waals surface area contributed by atoms with Gasteiger partial charge in [-0.3, -0.25) is 4.79 Å². The van der Waals surface area contributed by atoms with E-state index in [9.17, 15) is 4.79 Å². The molecule has 3 heteroatoms. The molecular formula is C18H28N2O. The molecule has 0 spiro atoms. The van der Waals surface area contributed by atoms with Crippen molar-refractivity contribution in [3.63, 3.8) is 0 Å². The van der Waals surface area contributed by atoms with E-state index in [2.05, 4.69) is 47.9 Å². The van der Waals surface area contributed by atoms with Crippen LogP contribution in [-0.4, -0.2) is 25.0 Å². The van der Waals surface area contributed by atoms with Crippen LogP contribution in [0.2, 0.25) is 0 Å². The van der Waals surface area contributed by atoms with E-state index in [1.54, 1.807) is 0 Å². The first-order valence-corrected chi connectivity index (χ1v) is 8.26. The van der Waals surface area contributed by atoms with Gasteiger partial charge < -0.3 is 10.6 Å². The van der Waals surface area contributed by atoms with Crippen molar-refractivity contribution in [2.75, 3.05) is 13.1 Å². The van der Waals surface area contributed by atoms with E-state index in [1.165, 1.54) is 18.4 Å². The molecule has 21 heavy (non-hydrogen) atoms. The zero-order valence-corrected chi connectivity index (χ0v) is 13.3. The summed E-state index contributed by atoms with van der Waals surface area (Å²) < 4.78 is 0. The first-order valence-electron chi connectivity index (χ1n) is 8.26. The van der Waals surface area contributed by atoms with Crippen molar-refractivity contribution in [3.05, 3.63) is 35.9 Å². The number of carbonyl (C=O) groups excluding carboxylic acids is 1. The Labute approximate surface area is 128 Å². The molecule has 0 bridgehead atoms. The van der Waals surface area contributed by atoms with Crippen molar-refractivity contribution in [2.24, 2.45) is 5.92 Å².